The Hall–Kier alpha value is -1.80. The van der Waals surface area contributed by atoms with E-state index in [9.17, 15) is 0 Å². The summed E-state index contributed by atoms with van der Waals surface area (Å²) in [5.74, 6) is 1.82. The van der Waals surface area contributed by atoms with Crippen molar-refractivity contribution in [2.45, 2.75) is 40.2 Å². The predicted octanol–water partition coefficient (Wildman–Crippen LogP) is 5.16. The van der Waals surface area contributed by atoms with E-state index in [2.05, 4.69) is 63.3 Å². The van der Waals surface area contributed by atoms with E-state index in [0.29, 0.717) is 6.04 Å². The minimum atomic E-state index is 0.421. The first-order chi connectivity index (χ1) is 10.2. The molecule has 0 saturated heterocycles. The maximum Gasteiger partial charge on any atom is 0.130 e. The molecule has 0 bridgehead atoms. The quantitative estimate of drug-likeness (QED) is 0.791. The van der Waals surface area contributed by atoms with Gasteiger partial charge >= 0.3 is 0 Å². The first-order valence-electron chi connectivity index (χ1n) is 7.73. The number of hydrogen-bond acceptors (Lipinski definition) is 2. The molecule has 112 valence electrons. The van der Waals surface area contributed by atoms with Crippen molar-refractivity contribution in [1.82, 2.24) is 5.32 Å². The fourth-order valence-electron chi connectivity index (χ4n) is 2.47. The number of nitrogens with one attached hydrogen (secondary N) is 1. The topological polar surface area (TPSA) is 21.3 Å². The van der Waals surface area contributed by atoms with E-state index in [0.717, 1.165) is 24.5 Å². The van der Waals surface area contributed by atoms with Gasteiger partial charge in [0.25, 0.3) is 0 Å². The molecule has 2 aromatic carbocycles. The fourth-order valence-corrected chi connectivity index (χ4v) is 2.47. The summed E-state index contributed by atoms with van der Waals surface area (Å²) in [6.07, 6.45) is 1.09. The minimum absolute atomic E-state index is 0.421. The van der Waals surface area contributed by atoms with Crippen LogP contribution in [0.2, 0.25) is 0 Å². The number of ether oxygens (including phenoxy) is 1. The van der Waals surface area contributed by atoms with Crippen molar-refractivity contribution in [3.8, 4) is 11.5 Å². The van der Waals surface area contributed by atoms with Crippen molar-refractivity contribution >= 4 is 0 Å². The van der Waals surface area contributed by atoms with Crippen LogP contribution < -0.4 is 10.1 Å². The van der Waals surface area contributed by atoms with E-state index >= 15 is 0 Å². The van der Waals surface area contributed by atoms with Crippen molar-refractivity contribution in [2.75, 3.05) is 6.54 Å². The maximum atomic E-state index is 6.00. The molecule has 0 aliphatic heterocycles. The molecule has 0 aliphatic rings. The molecule has 0 amide bonds. The molecule has 0 aliphatic carbocycles. The summed E-state index contributed by atoms with van der Waals surface area (Å²) in [5, 5.41) is 3.49. The van der Waals surface area contributed by atoms with Gasteiger partial charge in [0.2, 0.25) is 0 Å². The minimum Gasteiger partial charge on any atom is -0.457 e. The zero-order valence-corrected chi connectivity index (χ0v) is 13.4. The van der Waals surface area contributed by atoms with Gasteiger partial charge in [0.1, 0.15) is 11.5 Å². The van der Waals surface area contributed by atoms with Crippen LogP contribution in [0.4, 0.5) is 0 Å². The van der Waals surface area contributed by atoms with Gasteiger partial charge in [-0.05, 0) is 61.7 Å². The van der Waals surface area contributed by atoms with Crippen LogP contribution in [-0.4, -0.2) is 6.54 Å². The fraction of sp³-hybridized carbons (Fsp3) is 0.368. The molecule has 21 heavy (non-hydrogen) atoms. The van der Waals surface area contributed by atoms with Gasteiger partial charge in [-0.25, -0.2) is 0 Å². The van der Waals surface area contributed by atoms with Gasteiger partial charge in [-0.15, -0.1) is 0 Å². The summed E-state index contributed by atoms with van der Waals surface area (Å²) in [6, 6.07) is 15.0. The third kappa shape index (κ3) is 3.85. The van der Waals surface area contributed by atoms with Crippen molar-refractivity contribution in [1.29, 1.82) is 0 Å². The highest BCUT2D eigenvalue weighted by Gasteiger charge is 2.08. The maximum absolute atomic E-state index is 6.00. The summed E-state index contributed by atoms with van der Waals surface area (Å²) in [4.78, 5) is 0. The van der Waals surface area contributed by atoms with E-state index in [1.165, 1.54) is 16.7 Å². The summed E-state index contributed by atoms with van der Waals surface area (Å²) in [6.45, 7) is 9.53. The molecule has 1 atom stereocenters. The Morgan fingerprint density at radius 2 is 1.71 bits per heavy atom. The Morgan fingerprint density at radius 3 is 2.33 bits per heavy atom. The van der Waals surface area contributed by atoms with Crippen LogP contribution in [0, 0.1) is 13.8 Å². The third-order valence-corrected chi connectivity index (χ3v) is 3.92. The number of hydrogen-bond donors (Lipinski definition) is 1. The average molecular weight is 283 g/mol. The standard InChI is InChI=1S/C19H25NO/c1-5-18(20-6-2)16-10-12-17(13-11-16)21-19-9-7-8-14(3)15(19)4/h7-13,18,20H,5-6H2,1-4H3. The first-order valence-corrected chi connectivity index (χ1v) is 7.73. The molecule has 1 unspecified atom stereocenters. The second-order valence-electron chi connectivity index (χ2n) is 5.39. The molecule has 0 heterocycles. The van der Waals surface area contributed by atoms with Crippen LogP contribution >= 0.6 is 0 Å². The van der Waals surface area contributed by atoms with Gasteiger partial charge in [0.05, 0.1) is 0 Å². The van der Waals surface area contributed by atoms with Crippen LogP contribution in [-0.2, 0) is 0 Å². The summed E-state index contributed by atoms with van der Waals surface area (Å²) in [7, 11) is 0. The van der Waals surface area contributed by atoms with Crippen molar-refractivity contribution in [3.05, 3.63) is 59.2 Å². The smallest absolute Gasteiger partial charge is 0.130 e. The van der Waals surface area contributed by atoms with Gasteiger partial charge in [-0.1, -0.05) is 38.1 Å². The zero-order valence-electron chi connectivity index (χ0n) is 13.4. The molecular formula is C19H25NO. The first kappa shape index (κ1) is 15.6. The SMILES string of the molecule is CCNC(CC)c1ccc(Oc2cccc(C)c2C)cc1. The Kier molecular flexibility index (Phi) is 5.40. The van der Waals surface area contributed by atoms with Gasteiger partial charge in [0, 0.05) is 6.04 Å². The van der Waals surface area contributed by atoms with Gasteiger partial charge in [-0.2, -0.15) is 0 Å². The van der Waals surface area contributed by atoms with Crippen LogP contribution in [0.25, 0.3) is 0 Å². The van der Waals surface area contributed by atoms with Crippen LogP contribution in [0.1, 0.15) is 43.0 Å². The summed E-state index contributed by atoms with van der Waals surface area (Å²) in [5.41, 5.74) is 3.76. The summed E-state index contributed by atoms with van der Waals surface area (Å²) < 4.78 is 6.00. The highest BCUT2D eigenvalue weighted by atomic mass is 16.5. The van der Waals surface area contributed by atoms with E-state index in [1.807, 2.05) is 12.1 Å². The molecule has 1 N–H and O–H groups in total. The predicted molar refractivity (Wildman–Crippen MR) is 89.1 cm³/mol. The van der Waals surface area contributed by atoms with Crippen LogP contribution in [0.5, 0.6) is 11.5 Å². The largest absolute Gasteiger partial charge is 0.457 e. The molecule has 2 heteroatoms. The monoisotopic (exact) mass is 283 g/mol. The van der Waals surface area contributed by atoms with E-state index in [4.69, 9.17) is 4.74 Å². The van der Waals surface area contributed by atoms with Crippen LogP contribution in [0.3, 0.4) is 0 Å². The lowest BCUT2D eigenvalue weighted by Crippen LogP contribution is -2.19. The Morgan fingerprint density at radius 1 is 1.00 bits per heavy atom. The van der Waals surface area contributed by atoms with E-state index in [1.54, 1.807) is 0 Å². The van der Waals surface area contributed by atoms with Gasteiger partial charge in [-0.3, -0.25) is 0 Å². The van der Waals surface area contributed by atoms with Gasteiger partial charge in [0.15, 0.2) is 0 Å². The molecule has 2 rings (SSSR count). The third-order valence-electron chi connectivity index (χ3n) is 3.92. The van der Waals surface area contributed by atoms with Crippen LogP contribution in [0.15, 0.2) is 42.5 Å². The number of rotatable bonds is 6. The lowest BCUT2D eigenvalue weighted by molar-refractivity contribution is 0.477. The zero-order chi connectivity index (χ0) is 15.2. The van der Waals surface area contributed by atoms with Crippen molar-refractivity contribution in [3.63, 3.8) is 0 Å². The molecule has 0 aromatic heterocycles. The summed E-state index contributed by atoms with van der Waals surface area (Å²) >= 11 is 0. The molecule has 0 fully saturated rings. The number of aryl methyl sites for hydroxylation is 1. The molecule has 2 nitrogen and oxygen atoms in total. The average Bonchev–Trinajstić information content (AvgIpc) is 2.50. The highest BCUT2D eigenvalue weighted by molar-refractivity contribution is 5.42. The molecular weight excluding hydrogens is 258 g/mol. The Labute approximate surface area is 128 Å². The van der Waals surface area contributed by atoms with Gasteiger partial charge < -0.3 is 10.1 Å². The molecule has 0 radical (unpaired) electrons. The molecule has 0 saturated carbocycles. The van der Waals surface area contributed by atoms with E-state index < -0.39 is 0 Å². The second kappa shape index (κ2) is 7.28. The van der Waals surface area contributed by atoms with Crippen molar-refractivity contribution < 1.29 is 4.74 Å². The second-order valence-corrected chi connectivity index (χ2v) is 5.39. The molecule has 0 spiro atoms. The Bertz CT molecular complexity index is 575. The van der Waals surface area contributed by atoms with E-state index in [-0.39, 0.29) is 0 Å². The highest BCUT2D eigenvalue weighted by Crippen LogP contribution is 2.28. The normalized spacial score (nSPS) is 12.2. The Balaban J connectivity index is 2.14. The number of benzene rings is 2. The lowest BCUT2D eigenvalue weighted by Gasteiger charge is -2.17. The lowest BCUT2D eigenvalue weighted by atomic mass is 10.0. The van der Waals surface area contributed by atoms with Crippen molar-refractivity contribution in [2.24, 2.45) is 0 Å². The molecule has 2 aromatic rings.